The van der Waals surface area contributed by atoms with Crippen LogP contribution in [0.25, 0.3) is 0 Å². The molecule has 0 unspecified atom stereocenters. The van der Waals surface area contributed by atoms with Crippen LogP contribution in [0, 0.1) is 0 Å². The van der Waals surface area contributed by atoms with E-state index in [1.54, 1.807) is 12.3 Å². The zero-order chi connectivity index (χ0) is 14.2. The summed E-state index contributed by atoms with van der Waals surface area (Å²) in [6.45, 7) is 4.11. The van der Waals surface area contributed by atoms with Crippen LogP contribution in [-0.4, -0.2) is 12.8 Å². The van der Waals surface area contributed by atoms with Crippen LogP contribution in [-0.2, 0) is 0 Å². The van der Waals surface area contributed by atoms with Crippen LogP contribution in [0.5, 0.6) is 5.75 Å². The SMILES string of the molecule is C=CCOc1ccc(Br)cc1C=NNc1ccccc1. The first-order valence-corrected chi connectivity index (χ1v) is 6.96. The van der Waals surface area contributed by atoms with Crippen molar-refractivity contribution in [2.24, 2.45) is 5.10 Å². The maximum absolute atomic E-state index is 5.59. The van der Waals surface area contributed by atoms with Gasteiger partial charge in [-0.25, -0.2) is 0 Å². The normalized spacial score (nSPS) is 10.4. The molecule has 0 aliphatic heterocycles. The van der Waals surface area contributed by atoms with Crippen LogP contribution in [0.2, 0.25) is 0 Å². The lowest BCUT2D eigenvalue weighted by molar-refractivity contribution is 0.362. The monoisotopic (exact) mass is 330 g/mol. The van der Waals surface area contributed by atoms with Crippen LogP contribution < -0.4 is 10.2 Å². The molecule has 0 atom stereocenters. The number of anilines is 1. The number of hydrogen-bond donors (Lipinski definition) is 1. The Morgan fingerprint density at radius 1 is 1.20 bits per heavy atom. The summed E-state index contributed by atoms with van der Waals surface area (Å²) in [4.78, 5) is 0. The Bertz CT molecular complexity index is 597. The average Bonchev–Trinajstić information content (AvgIpc) is 2.47. The second-order valence-corrected chi connectivity index (χ2v) is 4.93. The molecule has 0 spiro atoms. The summed E-state index contributed by atoms with van der Waals surface area (Å²) in [7, 11) is 0. The number of nitrogens with zero attached hydrogens (tertiary/aromatic N) is 1. The van der Waals surface area contributed by atoms with Crippen LogP contribution in [0.3, 0.4) is 0 Å². The van der Waals surface area contributed by atoms with Crippen LogP contribution >= 0.6 is 15.9 Å². The van der Waals surface area contributed by atoms with Gasteiger partial charge in [0.1, 0.15) is 12.4 Å². The van der Waals surface area contributed by atoms with Crippen LogP contribution in [0.1, 0.15) is 5.56 Å². The summed E-state index contributed by atoms with van der Waals surface area (Å²) in [6, 6.07) is 15.6. The van der Waals surface area contributed by atoms with Crippen LogP contribution in [0.15, 0.2) is 70.8 Å². The highest BCUT2D eigenvalue weighted by Crippen LogP contribution is 2.22. The standard InChI is InChI=1S/C16H15BrN2O/c1-2-10-20-16-9-8-14(17)11-13(16)12-18-19-15-6-4-3-5-7-15/h2-9,11-12,19H,1,10H2. The molecule has 0 radical (unpaired) electrons. The van der Waals surface area contributed by atoms with Crippen molar-refractivity contribution >= 4 is 27.8 Å². The number of hydrogen-bond acceptors (Lipinski definition) is 3. The van der Waals surface area contributed by atoms with Crippen molar-refractivity contribution in [3.05, 3.63) is 71.2 Å². The molecule has 3 nitrogen and oxygen atoms in total. The zero-order valence-corrected chi connectivity index (χ0v) is 12.5. The molecule has 2 aromatic carbocycles. The van der Waals surface area contributed by atoms with Crippen molar-refractivity contribution < 1.29 is 4.74 Å². The highest BCUT2D eigenvalue weighted by atomic mass is 79.9. The van der Waals surface area contributed by atoms with Gasteiger partial charge in [-0.15, -0.1) is 0 Å². The predicted octanol–water partition coefficient (Wildman–Crippen LogP) is 4.46. The smallest absolute Gasteiger partial charge is 0.128 e. The Hall–Kier alpha value is -2.07. The van der Waals surface area contributed by atoms with E-state index in [9.17, 15) is 0 Å². The third-order valence-corrected chi connectivity index (χ3v) is 2.99. The maximum atomic E-state index is 5.59. The van der Waals surface area contributed by atoms with E-state index in [1.807, 2.05) is 48.5 Å². The minimum Gasteiger partial charge on any atom is -0.489 e. The van der Waals surface area contributed by atoms with Gasteiger partial charge in [-0.1, -0.05) is 46.8 Å². The van der Waals surface area contributed by atoms with Crippen LogP contribution in [0.4, 0.5) is 5.69 Å². The Kier molecular flexibility index (Phi) is 5.38. The van der Waals surface area contributed by atoms with E-state index in [4.69, 9.17) is 4.74 Å². The highest BCUT2D eigenvalue weighted by Gasteiger charge is 2.01. The van der Waals surface area contributed by atoms with Crippen molar-refractivity contribution in [3.8, 4) is 5.75 Å². The lowest BCUT2D eigenvalue weighted by Gasteiger charge is -2.07. The van der Waals surface area contributed by atoms with Crippen molar-refractivity contribution in [2.45, 2.75) is 0 Å². The van der Waals surface area contributed by atoms with Gasteiger partial charge in [-0.3, -0.25) is 5.43 Å². The minimum atomic E-state index is 0.467. The quantitative estimate of drug-likeness (QED) is 0.482. The highest BCUT2D eigenvalue weighted by molar-refractivity contribution is 9.10. The third kappa shape index (κ3) is 4.24. The van der Waals surface area contributed by atoms with Crippen molar-refractivity contribution in [1.29, 1.82) is 0 Å². The Morgan fingerprint density at radius 2 is 2.00 bits per heavy atom. The number of ether oxygens (including phenoxy) is 1. The molecule has 2 aromatic rings. The fourth-order valence-corrected chi connectivity index (χ4v) is 1.97. The van der Waals surface area contributed by atoms with E-state index < -0.39 is 0 Å². The molecule has 0 aromatic heterocycles. The largest absolute Gasteiger partial charge is 0.489 e. The summed E-state index contributed by atoms with van der Waals surface area (Å²) >= 11 is 3.44. The van der Waals surface area contributed by atoms with E-state index >= 15 is 0 Å². The van der Waals surface area contributed by atoms with Gasteiger partial charge < -0.3 is 4.74 Å². The van der Waals surface area contributed by atoms with Gasteiger partial charge in [0.05, 0.1) is 11.9 Å². The third-order valence-electron chi connectivity index (χ3n) is 2.50. The van der Waals surface area contributed by atoms with Gasteiger partial charge >= 0.3 is 0 Å². The second kappa shape index (κ2) is 7.50. The molecule has 0 aliphatic rings. The molecule has 0 heterocycles. The predicted molar refractivity (Wildman–Crippen MR) is 87.5 cm³/mol. The summed E-state index contributed by atoms with van der Waals surface area (Å²) < 4.78 is 6.56. The summed E-state index contributed by atoms with van der Waals surface area (Å²) in [5.41, 5.74) is 4.80. The summed E-state index contributed by atoms with van der Waals surface area (Å²) in [6.07, 6.45) is 3.45. The summed E-state index contributed by atoms with van der Waals surface area (Å²) in [5, 5.41) is 4.22. The molecule has 0 aliphatic carbocycles. The number of benzene rings is 2. The Labute approximate surface area is 127 Å². The molecule has 102 valence electrons. The van der Waals surface area contributed by atoms with Gasteiger partial charge in [0.2, 0.25) is 0 Å². The Balaban J connectivity index is 2.10. The number of hydrazone groups is 1. The molecule has 0 amide bonds. The molecule has 20 heavy (non-hydrogen) atoms. The van der Waals surface area contributed by atoms with Crippen molar-refractivity contribution in [1.82, 2.24) is 0 Å². The molecule has 0 bridgehead atoms. The number of halogens is 1. The first kappa shape index (κ1) is 14.3. The fourth-order valence-electron chi connectivity index (χ4n) is 1.59. The second-order valence-electron chi connectivity index (χ2n) is 4.02. The minimum absolute atomic E-state index is 0.467. The molecule has 1 N–H and O–H groups in total. The zero-order valence-electron chi connectivity index (χ0n) is 10.9. The van der Waals surface area contributed by atoms with E-state index in [0.717, 1.165) is 21.5 Å². The number of rotatable bonds is 6. The molecular formula is C16H15BrN2O. The van der Waals surface area contributed by atoms with Gasteiger partial charge in [0.15, 0.2) is 0 Å². The lowest BCUT2D eigenvalue weighted by atomic mass is 10.2. The fraction of sp³-hybridized carbons (Fsp3) is 0.0625. The van der Waals surface area contributed by atoms with Crippen molar-refractivity contribution in [3.63, 3.8) is 0 Å². The molecule has 0 saturated carbocycles. The first-order valence-electron chi connectivity index (χ1n) is 6.17. The van der Waals surface area contributed by atoms with E-state index in [1.165, 1.54) is 0 Å². The topological polar surface area (TPSA) is 33.6 Å². The molecule has 0 fully saturated rings. The number of para-hydroxylation sites is 1. The molecular weight excluding hydrogens is 316 g/mol. The number of nitrogens with one attached hydrogen (secondary N) is 1. The average molecular weight is 331 g/mol. The molecule has 2 rings (SSSR count). The van der Waals surface area contributed by atoms with E-state index in [-0.39, 0.29) is 0 Å². The van der Waals surface area contributed by atoms with Crippen molar-refractivity contribution in [2.75, 3.05) is 12.0 Å². The van der Waals surface area contributed by atoms with Gasteiger partial charge in [-0.2, -0.15) is 5.10 Å². The summed E-state index contributed by atoms with van der Waals surface area (Å²) in [5.74, 6) is 0.770. The Morgan fingerprint density at radius 3 is 2.75 bits per heavy atom. The van der Waals surface area contributed by atoms with E-state index in [0.29, 0.717) is 6.61 Å². The molecule has 4 heteroatoms. The molecule has 0 saturated heterocycles. The van der Waals surface area contributed by atoms with E-state index in [2.05, 4.69) is 33.0 Å². The first-order chi connectivity index (χ1) is 9.79. The maximum Gasteiger partial charge on any atom is 0.128 e. The lowest BCUT2D eigenvalue weighted by Crippen LogP contribution is -1.98. The van der Waals surface area contributed by atoms with Gasteiger partial charge in [0.25, 0.3) is 0 Å². The van der Waals surface area contributed by atoms with Gasteiger partial charge in [-0.05, 0) is 30.3 Å². The van der Waals surface area contributed by atoms with Gasteiger partial charge in [0, 0.05) is 10.0 Å².